The molecule has 1 heterocycles. The topological polar surface area (TPSA) is 29.9 Å². The Morgan fingerprint density at radius 1 is 1.39 bits per heavy atom. The number of likely N-dealkylation sites (N-methyl/N-ethyl adjacent to an activating group) is 1. The zero-order valence-corrected chi connectivity index (χ0v) is 12.3. The van der Waals surface area contributed by atoms with Crippen molar-refractivity contribution in [3.63, 3.8) is 0 Å². The number of hydrogen-bond acceptors (Lipinski definition) is 2. The zero-order chi connectivity index (χ0) is 13.2. The van der Waals surface area contributed by atoms with Crippen LogP contribution in [0.4, 0.5) is 0 Å². The number of nitrogens with one attached hydrogen (secondary N) is 1. The minimum Gasteiger partial charge on any atom is -0.316 e. The second kappa shape index (κ2) is 5.43. The number of nitrogens with zero attached hydrogens (tertiary/aromatic N) is 2. The van der Waals surface area contributed by atoms with Crippen LogP contribution in [0.3, 0.4) is 0 Å². The van der Waals surface area contributed by atoms with E-state index in [-0.39, 0.29) is 0 Å². The van der Waals surface area contributed by atoms with E-state index in [1.165, 1.54) is 37.8 Å². The van der Waals surface area contributed by atoms with Crippen molar-refractivity contribution in [1.82, 2.24) is 15.1 Å². The Morgan fingerprint density at radius 3 is 2.56 bits per heavy atom. The first kappa shape index (κ1) is 13.6. The summed E-state index contributed by atoms with van der Waals surface area (Å²) in [6.45, 7) is 4.52. The van der Waals surface area contributed by atoms with Crippen molar-refractivity contribution in [2.75, 3.05) is 7.05 Å². The van der Waals surface area contributed by atoms with Gasteiger partial charge in [-0.25, -0.2) is 0 Å². The highest BCUT2D eigenvalue weighted by Crippen LogP contribution is 2.39. The summed E-state index contributed by atoms with van der Waals surface area (Å²) < 4.78 is 2.03. The molecular weight excluding hydrogens is 222 g/mol. The van der Waals surface area contributed by atoms with Crippen LogP contribution in [0.15, 0.2) is 6.07 Å². The lowest BCUT2D eigenvalue weighted by atomic mass is 9.69. The van der Waals surface area contributed by atoms with Gasteiger partial charge in [-0.05, 0) is 38.3 Å². The first-order valence-corrected chi connectivity index (χ1v) is 7.22. The molecule has 0 amide bonds. The molecule has 1 N–H and O–H groups in total. The molecule has 0 aliphatic heterocycles. The van der Waals surface area contributed by atoms with Crippen molar-refractivity contribution in [3.8, 4) is 0 Å². The number of aromatic nitrogens is 2. The Balaban J connectivity index is 2.11. The average molecular weight is 249 g/mol. The number of aryl methyl sites for hydroxylation is 2. The van der Waals surface area contributed by atoms with Gasteiger partial charge in [-0.3, -0.25) is 4.68 Å². The molecule has 3 nitrogen and oxygen atoms in total. The van der Waals surface area contributed by atoms with E-state index in [9.17, 15) is 0 Å². The smallest absolute Gasteiger partial charge is 0.0596 e. The van der Waals surface area contributed by atoms with Crippen molar-refractivity contribution in [2.45, 2.75) is 58.4 Å². The van der Waals surface area contributed by atoms with Crippen LogP contribution in [-0.4, -0.2) is 22.9 Å². The molecule has 2 rings (SSSR count). The van der Waals surface area contributed by atoms with E-state index in [0.717, 1.165) is 12.1 Å². The van der Waals surface area contributed by atoms with E-state index in [2.05, 4.69) is 44.4 Å². The summed E-state index contributed by atoms with van der Waals surface area (Å²) in [6.07, 6.45) is 7.99. The predicted octanol–water partition coefficient (Wildman–Crippen LogP) is 2.83. The van der Waals surface area contributed by atoms with Crippen molar-refractivity contribution in [3.05, 3.63) is 17.5 Å². The molecule has 0 bridgehead atoms. The van der Waals surface area contributed by atoms with Crippen LogP contribution < -0.4 is 5.32 Å². The van der Waals surface area contributed by atoms with Crippen LogP contribution in [0, 0.1) is 12.3 Å². The predicted molar refractivity (Wildman–Crippen MR) is 75.7 cm³/mol. The molecule has 1 fully saturated rings. The highest BCUT2D eigenvalue weighted by molar-refractivity contribution is 5.11. The highest BCUT2D eigenvalue weighted by atomic mass is 15.3. The molecule has 1 aliphatic rings. The summed E-state index contributed by atoms with van der Waals surface area (Å²) in [5, 5.41) is 8.01. The number of hydrogen-bond donors (Lipinski definition) is 1. The first-order valence-electron chi connectivity index (χ1n) is 7.22. The molecule has 0 saturated heterocycles. The van der Waals surface area contributed by atoms with Crippen molar-refractivity contribution in [1.29, 1.82) is 0 Å². The summed E-state index contributed by atoms with van der Waals surface area (Å²) in [4.78, 5) is 0. The van der Waals surface area contributed by atoms with E-state index in [0.29, 0.717) is 11.5 Å². The fraction of sp³-hybridized carbons (Fsp3) is 0.800. The van der Waals surface area contributed by atoms with Gasteiger partial charge in [-0.2, -0.15) is 5.10 Å². The van der Waals surface area contributed by atoms with Crippen molar-refractivity contribution < 1.29 is 0 Å². The van der Waals surface area contributed by atoms with E-state index < -0.39 is 0 Å². The van der Waals surface area contributed by atoms with Gasteiger partial charge in [0.25, 0.3) is 0 Å². The minimum absolute atomic E-state index is 0.450. The van der Waals surface area contributed by atoms with Crippen LogP contribution in [0.5, 0.6) is 0 Å². The number of rotatable bonds is 4. The molecule has 3 heteroatoms. The molecule has 1 aromatic rings. The van der Waals surface area contributed by atoms with Crippen LogP contribution >= 0.6 is 0 Å². The van der Waals surface area contributed by atoms with E-state index in [4.69, 9.17) is 0 Å². The molecule has 0 radical (unpaired) electrons. The van der Waals surface area contributed by atoms with E-state index in [1.807, 2.05) is 4.68 Å². The normalized spacial score (nSPS) is 20.9. The van der Waals surface area contributed by atoms with Gasteiger partial charge in [0.2, 0.25) is 0 Å². The Kier molecular flexibility index (Phi) is 4.10. The summed E-state index contributed by atoms with van der Waals surface area (Å²) in [6, 6.07) is 2.78. The summed E-state index contributed by atoms with van der Waals surface area (Å²) >= 11 is 0. The summed E-state index contributed by atoms with van der Waals surface area (Å²) in [7, 11) is 4.16. The quantitative estimate of drug-likeness (QED) is 0.889. The van der Waals surface area contributed by atoms with Gasteiger partial charge in [0, 0.05) is 25.2 Å². The Morgan fingerprint density at radius 2 is 2.06 bits per heavy atom. The first-order chi connectivity index (χ1) is 8.55. The van der Waals surface area contributed by atoms with Gasteiger partial charge in [-0.1, -0.05) is 26.2 Å². The Bertz CT molecular complexity index is 388. The average Bonchev–Trinajstić information content (AvgIpc) is 2.65. The molecule has 1 aliphatic carbocycles. The molecule has 0 aromatic carbocycles. The van der Waals surface area contributed by atoms with Gasteiger partial charge in [0.05, 0.1) is 5.69 Å². The monoisotopic (exact) mass is 249 g/mol. The molecule has 102 valence electrons. The molecule has 1 aromatic heterocycles. The van der Waals surface area contributed by atoms with Crippen LogP contribution in [0.1, 0.15) is 50.4 Å². The van der Waals surface area contributed by atoms with Gasteiger partial charge in [0.15, 0.2) is 0 Å². The summed E-state index contributed by atoms with van der Waals surface area (Å²) in [5.41, 5.74) is 2.92. The van der Waals surface area contributed by atoms with Gasteiger partial charge in [0.1, 0.15) is 0 Å². The van der Waals surface area contributed by atoms with E-state index >= 15 is 0 Å². The van der Waals surface area contributed by atoms with Crippen molar-refractivity contribution in [2.24, 2.45) is 12.5 Å². The van der Waals surface area contributed by atoms with Gasteiger partial charge in [-0.15, -0.1) is 0 Å². The van der Waals surface area contributed by atoms with Gasteiger partial charge >= 0.3 is 0 Å². The third kappa shape index (κ3) is 2.77. The zero-order valence-electron chi connectivity index (χ0n) is 12.3. The maximum absolute atomic E-state index is 4.46. The largest absolute Gasteiger partial charge is 0.316 e. The van der Waals surface area contributed by atoms with Crippen LogP contribution in [0.2, 0.25) is 0 Å². The molecule has 1 saturated carbocycles. The van der Waals surface area contributed by atoms with Crippen molar-refractivity contribution >= 4 is 0 Å². The minimum atomic E-state index is 0.450. The molecule has 0 spiro atoms. The Hall–Kier alpha value is -0.830. The molecule has 1 unspecified atom stereocenters. The summed E-state index contributed by atoms with van der Waals surface area (Å²) in [5.74, 6) is 0. The standard InChI is InChI=1S/C15H27N3/c1-12-10-13(18(4)17-12)11-14(16-3)15(2)8-6-5-7-9-15/h10,14,16H,5-9,11H2,1-4H3. The SMILES string of the molecule is CNC(Cc1cc(C)nn1C)C1(C)CCCCC1. The lowest BCUT2D eigenvalue weighted by molar-refractivity contribution is 0.148. The fourth-order valence-electron chi connectivity index (χ4n) is 3.47. The molecular formula is C15H27N3. The third-order valence-electron chi connectivity index (χ3n) is 4.70. The van der Waals surface area contributed by atoms with E-state index in [1.54, 1.807) is 0 Å². The highest BCUT2D eigenvalue weighted by Gasteiger charge is 2.34. The maximum atomic E-state index is 4.46. The second-order valence-corrected chi connectivity index (χ2v) is 6.16. The van der Waals surface area contributed by atoms with Gasteiger partial charge < -0.3 is 5.32 Å². The van der Waals surface area contributed by atoms with Crippen LogP contribution in [0.25, 0.3) is 0 Å². The Labute approximate surface area is 111 Å². The molecule has 1 atom stereocenters. The second-order valence-electron chi connectivity index (χ2n) is 6.16. The third-order valence-corrected chi connectivity index (χ3v) is 4.70. The fourth-order valence-corrected chi connectivity index (χ4v) is 3.47. The maximum Gasteiger partial charge on any atom is 0.0596 e. The molecule has 18 heavy (non-hydrogen) atoms. The van der Waals surface area contributed by atoms with Crippen LogP contribution in [-0.2, 0) is 13.5 Å². The lowest BCUT2D eigenvalue weighted by Crippen LogP contribution is -2.44. The lowest BCUT2D eigenvalue weighted by Gasteiger charge is -2.40.